The molecule has 3 aromatic rings. The van der Waals surface area contributed by atoms with E-state index in [-0.39, 0.29) is 12.7 Å². The molecule has 7 nitrogen and oxygen atoms in total. The maximum absolute atomic E-state index is 12.1. The highest BCUT2D eigenvalue weighted by Crippen LogP contribution is 2.32. The van der Waals surface area contributed by atoms with E-state index < -0.39 is 0 Å². The highest BCUT2D eigenvalue weighted by Gasteiger charge is 2.14. The third-order valence-electron chi connectivity index (χ3n) is 3.91. The van der Waals surface area contributed by atoms with Gasteiger partial charge >= 0.3 is 0 Å². The Kier molecular flexibility index (Phi) is 4.04. The minimum Gasteiger partial charge on any atom is -0.454 e. The number of benzene rings is 2. The largest absolute Gasteiger partial charge is 0.454 e. The number of carbonyl (C=O) groups is 1. The van der Waals surface area contributed by atoms with Gasteiger partial charge in [-0.3, -0.25) is 4.79 Å². The molecule has 0 aliphatic carbocycles. The smallest absolute Gasteiger partial charge is 0.231 e. The van der Waals surface area contributed by atoms with Crippen LogP contribution in [-0.2, 0) is 17.8 Å². The Hall–Kier alpha value is -3.35. The molecule has 0 spiro atoms. The van der Waals surface area contributed by atoms with Crippen LogP contribution in [0.3, 0.4) is 0 Å². The average molecular weight is 336 g/mol. The molecule has 0 saturated carbocycles. The van der Waals surface area contributed by atoms with Gasteiger partial charge in [0.2, 0.25) is 12.7 Å². The first-order valence-corrected chi connectivity index (χ1v) is 7.87. The molecule has 7 heteroatoms. The van der Waals surface area contributed by atoms with Crippen molar-refractivity contribution in [3.63, 3.8) is 0 Å². The van der Waals surface area contributed by atoms with Crippen LogP contribution in [0, 0.1) is 0 Å². The average Bonchev–Trinajstić information content (AvgIpc) is 3.32. The van der Waals surface area contributed by atoms with Gasteiger partial charge in [0.1, 0.15) is 12.7 Å². The lowest BCUT2D eigenvalue weighted by molar-refractivity contribution is -0.120. The molecule has 1 aliphatic rings. The second kappa shape index (κ2) is 6.64. The van der Waals surface area contributed by atoms with Crippen molar-refractivity contribution in [2.75, 3.05) is 6.79 Å². The summed E-state index contributed by atoms with van der Waals surface area (Å²) in [5, 5.41) is 7.00. The normalized spacial score (nSPS) is 12.2. The molecule has 25 heavy (non-hydrogen) atoms. The first kappa shape index (κ1) is 15.2. The van der Waals surface area contributed by atoms with Gasteiger partial charge in [0, 0.05) is 6.54 Å². The molecule has 1 aliphatic heterocycles. The van der Waals surface area contributed by atoms with Crippen molar-refractivity contribution in [3.8, 4) is 17.2 Å². The molecule has 0 atom stereocenters. The third-order valence-corrected chi connectivity index (χ3v) is 3.91. The highest BCUT2D eigenvalue weighted by atomic mass is 16.7. The van der Waals surface area contributed by atoms with E-state index in [9.17, 15) is 4.79 Å². The Bertz CT molecular complexity index is 876. The monoisotopic (exact) mass is 336 g/mol. The maximum atomic E-state index is 12.1. The maximum Gasteiger partial charge on any atom is 0.231 e. The van der Waals surface area contributed by atoms with Gasteiger partial charge in [-0.05, 0) is 35.4 Å². The van der Waals surface area contributed by atoms with Crippen LogP contribution in [0.2, 0.25) is 0 Å². The number of carbonyl (C=O) groups excluding carboxylic acids is 1. The van der Waals surface area contributed by atoms with Crippen molar-refractivity contribution in [3.05, 3.63) is 66.2 Å². The van der Waals surface area contributed by atoms with Crippen molar-refractivity contribution >= 4 is 5.91 Å². The summed E-state index contributed by atoms with van der Waals surface area (Å²) in [5.74, 6) is 1.37. The Labute approximate surface area is 144 Å². The Balaban J connectivity index is 1.32. The van der Waals surface area contributed by atoms with Crippen LogP contribution < -0.4 is 14.8 Å². The van der Waals surface area contributed by atoms with Gasteiger partial charge < -0.3 is 14.8 Å². The molecule has 1 N–H and O–H groups in total. The van der Waals surface area contributed by atoms with Crippen molar-refractivity contribution in [2.24, 2.45) is 0 Å². The lowest BCUT2D eigenvalue weighted by Crippen LogP contribution is -2.24. The van der Waals surface area contributed by atoms with Gasteiger partial charge in [-0.1, -0.05) is 18.2 Å². The SMILES string of the molecule is O=C(Cc1ccc2c(c1)OCO2)NCc1ccc(-n2cncn2)cc1. The molecule has 126 valence electrons. The fourth-order valence-corrected chi connectivity index (χ4v) is 2.61. The second-order valence-corrected chi connectivity index (χ2v) is 5.65. The summed E-state index contributed by atoms with van der Waals surface area (Å²) in [4.78, 5) is 16.1. The van der Waals surface area contributed by atoms with Crippen molar-refractivity contribution < 1.29 is 14.3 Å². The number of rotatable bonds is 5. The van der Waals surface area contributed by atoms with Crippen LogP contribution in [0.1, 0.15) is 11.1 Å². The summed E-state index contributed by atoms with van der Waals surface area (Å²) >= 11 is 0. The molecule has 0 saturated heterocycles. The van der Waals surface area contributed by atoms with E-state index in [1.54, 1.807) is 11.0 Å². The quantitative estimate of drug-likeness (QED) is 0.769. The Morgan fingerprint density at radius 3 is 2.68 bits per heavy atom. The molecule has 2 heterocycles. The number of nitrogens with one attached hydrogen (secondary N) is 1. The van der Waals surface area contributed by atoms with Crippen molar-refractivity contribution in [1.29, 1.82) is 0 Å². The lowest BCUT2D eigenvalue weighted by atomic mass is 10.1. The molecule has 4 rings (SSSR count). The van der Waals surface area contributed by atoms with Crippen LogP contribution in [0.25, 0.3) is 5.69 Å². The van der Waals surface area contributed by atoms with Crippen molar-refractivity contribution in [2.45, 2.75) is 13.0 Å². The first-order chi connectivity index (χ1) is 12.3. The van der Waals surface area contributed by atoms with Crippen LogP contribution in [0.5, 0.6) is 11.5 Å². The van der Waals surface area contributed by atoms with Crippen LogP contribution >= 0.6 is 0 Å². The molecule has 1 amide bonds. The third kappa shape index (κ3) is 3.45. The van der Waals surface area contributed by atoms with Gasteiger partial charge in [-0.2, -0.15) is 5.10 Å². The van der Waals surface area contributed by atoms with Crippen molar-refractivity contribution in [1.82, 2.24) is 20.1 Å². The van der Waals surface area contributed by atoms with Gasteiger partial charge in [-0.25, -0.2) is 9.67 Å². The molecular formula is C18H16N4O3. The number of fused-ring (bicyclic) bond motifs is 1. The van der Waals surface area contributed by atoms with E-state index in [0.717, 1.165) is 22.6 Å². The van der Waals surface area contributed by atoms with E-state index in [0.29, 0.717) is 18.7 Å². The number of nitrogens with zero attached hydrogens (tertiary/aromatic N) is 3. The summed E-state index contributed by atoms with van der Waals surface area (Å²) in [6.45, 7) is 0.705. The minimum absolute atomic E-state index is 0.0424. The molecule has 1 aromatic heterocycles. The summed E-state index contributed by atoms with van der Waals surface area (Å²) in [5.41, 5.74) is 2.83. The summed E-state index contributed by atoms with van der Waals surface area (Å²) in [7, 11) is 0. The zero-order valence-corrected chi connectivity index (χ0v) is 13.4. The van der Waals surface area contributed by atoms with Gasteiger partial charge in [-0.15, -0.1) is 0 Å². The Morgan fingerprint density at radius 1 is 1.08 bits per heavy atom. The fraction of sp³-hybridized carbons (Fsp3) is 0.167. The number of aromatic nitrogens is 3. The van der Waals surface area contributed by atoms with Gasteiger partial charge in [0.25, 0.3) is 0 Å². The zero-order valence-electron chi connectivity index (χ0n) is 13.4. The predicted molar refractivity (Wildman–Crippen MR) is 89.5 cm³/mol. The van der Waals surface area contributed by atoms with Gasteiger partial charge in [0.05, 0.1) is 12.1 Å². The number of hydrogen-bond acceptors (Lipinski definition) is 5. The molecule has 0 unspecified atom stereocenters. The lowest BCUT2D eigenvalue weighted by Gasteiger charge is -2.07. The van der Waals surface area contributed by atoms with Crippen LogP contribution in [0.4, 0.5) is 0 Å². The number of ether oxygens (including phenoxy) is 2. The number of hydrogen-bond donors (Lipinski definition) is 1. The molecular weight excluding hydrogens is 320 g/mol. The first-order valence-electron chi connectivity index (χ1n) is 7.87. The van der Waals surface area contributed by atoms with E-state index in [2.05, 4.69) is 15.4 Å². The molecule has 0 fully saturated rings. The van der Waals surface area contributed by atoms with Crippen LogP contribution in [-0.4, -0.2) is 27.5 Å². The summed E-state index contributed by atoms with van der Waals surface area (Å²) in [6.07, 6.45) is 3.43. The van der Waals surface area contributed by atoms with E-state index in [4.69, 9.17) is 9.47 Å². The number of amides is 1. The highest BCUT2D eigenvalue weighted by molar-refractivity contribution is 5.78. The fourth-order valence-electron chi connectivity index (χ4n) is 2.61. The van der Waals surface area contributed by atoms with E-state index in [1.807, 2.05) is 42.5 Å². The van der Waals surface area contributed by atoms with E-state index >= 15 is 0 Å². The molecule has 0 bridgehead atoms. The minimum atomic E-state index is -0.0424. The molecule has 2 aromatic carbocycles. The standard InChI is InChI=1S/C18H16N4O3/c23-18(8-14-3-6-16-17(7-14)25-12-24-16)20-9-13-1-4-15(5-2-13)22-11-19-10-21-22/h1-7,10-11H,8-9,12H2,(H,20,23). The molecule has 0 radical (unpaired) electrons. The van der Waals surface area contributed by atoms with Gasteiger partial charge in [0.15, 0.2) is 11.5 Å². The Morgan fingerprint density at radius 2 is 1.88 bits per heavy atom. The van der Waals surface area contributed by atoms with E-state index in [1.165, 1.54) is 6.33 Å². The summed E-state index contributed by atoms with van der Waals surface area (Å²) < 4.78 is 12.3. The summed E-state index contributed by atoms with van der Waals surface area (Å²) in [6, 6.07) is 13.3. The predicted octanol–water partition coefficient (Wildman–Crippen LogP) is 1.85. The van der Waals surface area contributed by atoms with Crippen LogP contribution in [0.15, 0.2) is 55.1 Å². The zero-order chi connectivity index (χ0) is 17.1. The second-order valence-electron chi connectivity index (χ2n) is 5.65. The topological polar surface area (TPSA) is 78.3 Å².